The van der Waals surface area contributed by atoms with Gasteiger partial charge < -0.3 is 9.32 Å². The Balaban J connectivity index is 1.61. The Labute approximate surface area is 193 Å². The number of hydrogen-bond acceptors (Lipinski definition) is 5. The minimum Gasteiger partial charge on any atom is -0.398 e. The average Bonchev–Trinajstić information content (AvgIpc) is 3.40. The van der Waals surface area contributed by atoms with Crippen LogP contribution in [0.25, 0.3) is 23.3 Å². The maximum absolute atomic E-state index is 13.1. The number of para-hydroxylation sites is 3. The Bertz CT molecular complexity index is 1560. The van der Waals surface area contributed by atoms with Crippen molar-refractivity contribution >= 4 is 52.0 Å². The molecule has 0 bridgehead atoms. The number of thiazole rings is 1. The second-order valence-corrected chi connectivity index (χ2v) is 9.55. The van der Waals surface area contributed by atoms with Crippen LogP contribution in [0.1, 0.15) is 5.89 Å². The largest absolute Gasteiger partial charge is 0.398 e. The van der Waals surface area contributed by atoms with Gasteiger partial charge >= 0.3 is 5.89 Å². The summed E-state index contributed by atoms with van der Waals surface area (Å²) in [5.74, 6) is 0.691. The highest BCUT2D eigenvalue weighted by Crippen LogP contribution is 2.44. The van der Waals surface area contributed by atoms with E-state index in [9.17, 15) is 4.79 Å². The highest BCUT2D eigenvalue weighted by Gasteiger charge is 2.20. The van der Waals surface area contributed by atoms with Crippen LogP contribution in [0.5, 0.6) is 0 Å². The molecular weight excluding hydrogens is 438 g/mol. The number of benzene rings is 2. The van der Waals surface area contributed by atoms with Crippen molar-refractivity contribution in [3.05, 3.63) is 97.7 Å². The zero-order valence-electron chi connectivity index (χ0n) is 17.8. The molecule has 3 heterocycles. The first-order valence-electron chi connectivity index (χ1n) is 10.2. The second-order valence-electron chi connectivity index (χ2n) is 7.42. The zero-order chi connectivity index (χ0) is 22.2. The van der Waals surface area contributed by atoms with Crippen LogP contribution in [0.4, 0.5) is 5.69 Å². The van der Waals surface area contributed by atoms with E-state index < -0.39 is 0 Å². The summed E-state index contributed by atoms with van der Waals surface area (Å²) in [6, 6.07) is 16.2. The summed E-state index contributed by atoms with van der Waals surface area (Å²) >= 11 is 3.16. The molecule has 0 amide bonds. The van der Waals surface area contributed by atoms with Gasteiger partial charge in [-0.05, 0) is 30.4 Å². The van der Waals surface area contributed by atoms with E-state index in [1.807, 2.05) is 73.3 Å². The van der Waals surface area contributed by atoms with Crippen molar-refractivity contribution < 1.29 is 8.98 Å². The van der Waals surface area contributed by atoms with Crippen molar-refractivity contribution in [1.82, 2.24) is 4.57 Å². The lowest BCUT2D eigenvalue weighted by atomic mass is 10.3. The van der Waals surface area contributed by atoms with Crippen LogP contribution >= 0.6 is 23.1 Å². The summed E-state index contributed by atoms with van der Waals surface area (Å²) in [4.78, 5) is 16.5. The van der Waals surface area contributed by atoms with Crippen molar-refractivity contribution in [2.45, 2.75) is 11.4 Å². The maximum atomic E-state index is 13.1. The van der Waals surface area contributed by atoms with Gasteiger partial charge in [-0.3, -0.25) is 9.36 Å². The van der Waals surface area contributed by atoms with Gasteiger partial charge in [0.15, 0.2) is 0 Å². The first-order valence-corrected chi connectivity index (χ1v) is 11.8. The number of allylic oxidation sites excluding steroid dienone is 2. The normalized spacial score (nSPS) is 15.8. The Hall–Kier alpha value is -3.29. The van der Waals surface area contributed by atoms with E-state index in [1.54, 1.807) is 22.4 Å². The Morgan fingerprint density at radius 2 is 1.91 bits per heavy atom. The molecule has 0 saturated heterocycles. The fraction of sp³-hybridized carbons (Fsp3) is 0.120. The van der Waals surface area contributed by atoms with Crippen molar-refractivity contribution in [2.24, 2.45) is 7.05 Å². The van der Waals surface area contributed by atoms with Gasteiger partial charge in [-0.15, -0.1) is 17.9 Å². The molecule has 0 radical (unpaired) electrons. The Kier molecular flexibility index (Phi) is 5.36. The summed E-state index contributed by atoms with van der Waals surface area (Å²) in [6.07, 6.45) is 7.59. The lowest BCUT2D eigenvalue weighted by Crippen LogP contribution is -2.33. The number of anilines is 1. The fourth-order valence-corrected chi connectivity index (χ4v) is 5.76. The molecular formula is C25H22N3O2S2+. The van der Waals surface area contributed by atoms with E-state index >= 15 is 0 Å². The number of thioether (sulfide) groups is 1. The molecule has 0 N–H and O–H groups in total. The first-order chi connectivity index (χ1) is 15.6. The number of nitrogens with zero attached hydrogens (tertiary/aromatic N) is 3. The van der Waals surface area contributed by atoms with Crippen LogP contribution in [-0.4, -0.2) is 11.6 Å². The minimum atomic E-state index is -0.0278. The Morgan fingerprint density at radius 1 is 1.12 bits per heavy atom. The summed E-state index contributed by atoms with van der Waals surface area (Å²) in [7, 11) is 4.01. The number of oxazole rings is 1. The number of hydrogen-bond donors (Lipinski definition) is 0. The number of fused-ring (bicyclic) bond motifs is 2. The SMILES string of the molecule is C=CCn1c(=O)/c(=C/C=C2\Sc3ccccc3N2C)s/c1=C\c1oc2ccccc2[n+]1C. The molecule has 0 unspecified atom stereocenters. The van der Waals surface area contributed by atoms with Crippen molar-refractivity contribution in [1.29, 1.82) is 0 Å². The third kappa shape index (κ3) is 3.53. The van der Waals surface area contributed by atoms with E-state index in [-0.39, 0.29) is 5.56 Å². The van der Waals surface area contributed by atoms with Crippen LogP contribution < -0.4 is 24.2 Å². The van der Waals surface area contributed by atoms with Gasteiger partial charge in [0.2, 0.25) is 5.58 Å². The van der Waals surface area contributed by atoms with Gasteiger partial charge in [0.05, 0.1) is 21.3 Å². The molecule has 0 spiro atoms. The molecule has 2 aromatic heterocycles. The topological polar surface area (TPSA) is 42.3 Å². The van der Waals surface area contributed by atoms with Crippen LogP contribution in [0.3, 0.4) is 0 Å². The van der Waals surface area contributed by atoms with Gasteiger partial charge in [-0.1, -0.05) is 42.1 Å². The summed E-state index contributed by atoms with van der Waals surface area (Å²) in [5.41, 5.74) is 2.97. The van der Waals surface area contributed by atoms with Gasteiger partial charge in [-0.2, -0.15) is 4.57 Å². The third-order valence-corrected chi connectivity index (χ3v) is 7.68. The molecule has 7 heteroatoms. The highest BCUT2D eigenvalue weighted by molar-refractivity contribution is 8.03. The fourth-order valence-electron chi connectivity index (χ4n) is 3.72. The molecule has 160 valence electrons. The maximum Gasteiger partial charge on any atom is 0.376 e. The predicted molar refractivity (Wildman–Crippen MR) is 132 cm³/mol. The van der Waals surface area contributed by atoms with Gasteiger partial charge in [0.25, 0.3) is 11.1 Å². The second kappa shape index (κ2) is 8.33. The lowest BCUT2D eigenvalue weighted by molar-refractivity contribution is -0.652. The van der Waals surface area contributed by atoms with E-state index in [0.29, 0.717) is 17.0 Å². The van der Waals surface area contributed by atoms with Crippen LogP contribution in [0, 0.1) is 0 Å². The van der Waals surface area contributed by atoms with E-state index in [2.05, 4.69) is 23.6 Å². The molecule has 1 aliphatic heterocycles. The molecule has 5 rings (SSSR count). The van der Waals surface area contributed by atoms with E-state index in [1.165, 1.54) is 21.9 Å². The molecule has 0 saturated carbocycles. The molecule has 4 aromatic rings. The van der Waals surface area contributed by atoms with E-state index in [4.69, 9.17) is 4.42 Å². The van der Waals surface area contributed by atoms with Crippen molar-refractivity contribution in [2.75, 3.05) is 11.9 Å². The molecule has 0 fully saturated rings. The predicted octanol–water partition coefficient (Wildman–Crippen LogP) is 3.36. The molecule has 0 aliphatic carbocycles. The number of rotatable bonds is 4. The molecule has 0 atom stereocenters. The minimum absolute atomic E-state index is 0.0278. The Morgan fingerprint density at radius 3 is 2.69 bits per heavy atom. The third-order valence-electron chi connectivity index (χ3n) is 5.42. The van der Waals surface area contributed by atoms with Gasteiger partial charge in [-0.25, -0.2) is 0 Å². The summed E-state index contributed by atoms with van der Waals surface area (Å²) in [5, 5.41) is 1.09. The van der Waals surface area contributed by atoms with Gasteiger partial charge in [0.1, 0.15) is 11.7 Å². The van der Waals surface area contributed by atoms with Crippen molar-refractivity contribution in [3.63, 3.8) is 0 Å². The summed E-state index contributed by atoms with van der Waals surface area (Å²) < 4.78 is 11.2. The molecule has 1 aliphatic rings. The molecule has 2 aromatic carbocycles. The summed E-state index contributed by atoms with van der Waals surface area (Å²) in [6.45, 7) is 4.26. The van der Waals surface area contributed by atoms with Crippen LogP contribution in [-0.2, 0) is 13.6 Å². The van der Waals surface area contributed by atoms with Crippen LogP contribution in [0.15, 0.2) is 86.4 Å². The highest BCUT2D eigenvalue weighted by atomic mass is 32.2. The monoisotopic (exact) mass is 460 g/mol. The smallest absolute Gasteiger partial charge is 0.376 e. The zero-order valence-corrected chi connectivity index (χ0v) is 19.5. The standard InChI is InChI=1S/C25H22N3O2S2/c1-4-15-28-24(16-22-26(2)17-9-5-7-11-19(17)30-22)32-21(25(28)29)13-14-23-27(3)18-10-6-8-12-20(18)31-23/h4-14,16H,1,15H2,2-3H3/q+1/b21-13-,23-14-. The lowest BCUT2D eigenvalue weighted by Gasteiger charge is -2.12. The molecule has 5 nitrogen and oxygen atoms in total. The molecule has 32 heavy (non-hydrogen) atoms. The van der Waals surface area contributed by atoms with Crippen molar-refractivity contribution in [3.8, 4) is 0 Å². The van der Waals surface area contributed by atoms with Gasteiger partial charge in [0, 0.05) is 24.6 Å². The van der Waals surface area contributed by atoms with Crippen LogP contribution in [0.2, 0.25) is 0 Å². The number of aryl methyl sites for hydroxylation is 1. The average molecular weight is 461 g/mol. The quantitative estimate of drug-likeness (QED) is 0.346. The number of aromatic nitrogens is 2. The van der Waals surface area contributed by atoms with E-state index in [0.717, 1.165) is 20.8 Å². The first kappa shape index (κ1) is 20.6.